The van der Waals surface area contributed by atoms with Gasteiger partial charge in [0.1, 0.15) is 0 Å². The van der Waals surface area contributed by atoms with E-state index >= 15 is 0 Å². The molecule has 25 heavy (non-hydrogen) atoms. The molecule has 0 fully saturated rings. The van der Waals surface area contributed by atoms with Gasteiger partial charge in [-0.3, -0.25) is 14.9 Å². The molecule has 0 spiro atoms. The lowest BCUT2D eigenvalue weighted by Crippen LogP contribution is -2.23. The summed E-state index contributed by atoms with van der Waals surface area (Å²) in [5, 5.41) is 13.7. The summed E-state index contributed by atoms with van der Waals surface area (Å²) in [7, 11) is 0. The zero-order valence-corrected chi connectivity index (χ0v) is 14.8. The van der Waals surface area contributed by atoms with Gasteiger partial charge in [0.15, 0.2) is 0 Å². The van der Waals surface area contributed by atoms with Crippen LogP contribution in [0.1, 0.15) is 35.3 Å². The first-order valence-corrected chi connectivity index (χ1v) is 8.33. The summed E-state index contributed by atoms with van der Waals surface area (Å²) >= 11 is 0. The molecule has 1 amide bonds. The van der Waals surface area contributed by atoms with Crippen molar-refractivity contribution >= 4 is 17.3 Å². The van der Waals surface area contributed by atoms with E-state index in [2.05, 4.69) is 24.1 Å². The number of anilines is 1. The summed E-state index contributed by atoms with van der Waals surface area (Å²) in [6.07, 6.45) is 0. The lowest BCUT2D eigenvalue weighted by molar-refractivity contribution is -0.385. The van der Waals surface area contributed by atoms with Crippen LogP contribution in [0.3, 0.4) is 0 Å². The lowest BCUT2D eigenvalue weighted by Gasteiger charge is -2.21. The van der Waals surface area contributed by atoms with Gasteiger partial charge in [-0.2, -0.15) is 0 Å². The number of aryl methyl sites for hydroxylation is 1. The van der Waals surface area contributed by atoms with Crippen LogP contribution in [-0.2, 0) is 6.54 Å². The molecule has 6 heteroatoms. The molecular weight excluding hydrogens is 318 g/mol. The van der Waals surface area contributed by atoms with Crippen molar-refractivity contribution in [3.05, 3.63) is 69.3 Å². The molecule has 0 aliphatic heterocycles. The molecule has 0 bridgehead atoms. The lowest BCUT2D eigenvalue weighted by atomic mass is 10.1. The van der Waals surface area contributed by atoms with Gasteiger partial charge in [0.05, 0.1) is 4.92 Å². The van der Waals surface area contributed by atoms with E-state index in [1.165, 1.54) is 18.2 Å². The normalized spacial score (nSPS) is 10.4. The van der Waals surface area contributed by atoms with E-state index in [1.807, 2.05) is 24.3 Å². The van der Waals surface area contributed by atoms with Crippen molar-refractivity contribution in [3.8, 4) is 0 Å². The predicted octanol–water partition coefficient (Wildman–Crippen LogP) is 3.68. The summed E-state index contributed by atoms with van der Waals surface area (Å²) < 4.78 is 0. The zero-order chi connectivity index (χ0) is 18.4. The number of hydrogen-bond acceptors (Lipinski definition) is 4. The van der Waals surface area contributed by atoms with Gasteiger partial charge < -0.3 is 10.2 Å². The van der Waals surface area contributed by atoms with Crippen LogP contribution >= 0.6 is 0 Å². The Hall–Kier alpha value is -2.89. The quantitative estimate of drug-likeness (QED) is 0.616. The number of carbonyl (C=O) groups excluding carboxylic acids is 1. The minimum absolute atomic E-state index is 0.0172. The Morgan fingerprint density at radius 3 is 2.28 bits per heavy atom. The molecule has 0 unspecified atom stereocenters. The molecule has 0 saturated carbocycles. The van der Waals surface area contributed by atoms with Crippen molar-refractivity contribution < 1.29 is 9.72 Å². The van der Waals surface area contributed by atoms with Gasteiger partial charge in [-0.15, -0.1) is 0 Å². The van der Waals surface area contributed by atoms with Gasteiger partial charge in [-0.1, -0.05) is 12.1 Å². The Morgan fingerprint density at radius 2 is 1.76 bits per heavy atom. The summed E-state index contributed by atoms with van der Waals surface area (Å²) in [5.41, 5.74) is 3.07. The van der Waals surface area contributed by atoms with Crippen molar-refractivity contribution in [2.24, 2.45) is 0 Å². The fraction of sp³-hybridized carbons (Fsp3) is 0.316. The van der Waals surface area contributed by atoms with E-state index in [0.717, 1.165) is 24.3 Å². The second-order valence-corrected chi connectivity index (χ2v) is 5.78. The molecule has 2 aromatic carbocycles. The van der Waals surface area contributed by atoms with Crippen molar-refractivity contribution in [3.63, 3.8) is 0 Å². The molecule has 0 radical (unpaired) electrons. The second kappa shape index (κ2) is 8.28. The van der Waals surface area contributed by atoms with E-state index < -0.39 is 4.92 Å². The fourth-order valence-corrected chi connectivity index (χ4v) is 2.70. The molecular formula is C19H23N3O3. The van der Waals surface area contributed by atoms with Gasteiger partial charge in [0, 0.05) is 42.5 Å². The molecule has 0 saturated heterocycles. The van der Waals surface area contributed by atoms with E-state index in [-0.39, 0.29) is 11.6 Å². The molecule has 2 aromatic rings. The monoisotopic (exact) mass is 341 g/mol. The Labute approximate surface area is 147 Å². The average molecular weight is 341 g/mol. The largest absolute Gasteiger partial charge is 0.372 e. The third kappa shape index (κ3) is 4.56. The number of hydrogen-bond donors (Lipinski definition) is 1. The van der Waals surface area contributed by atoms with Crippen LogP contribution in [0.5, 0.6) is 0 Å². The topological polar surface area (TPSA) is 75.5 Å². The molecule has 0 heterocycles. The Bertz CT molecular complexity index is 753. The van der Waals surface area contributed by atoms with Crippen molar-refractivity contribution in [2.75, 3.05) is 18.0 Å². The van der Waals surface area contributed by atoms with Crippen molar-refractivity contribution in [2.45, 2.75) is 27.3 Å². The number of nitro groups is 1. The number of nitrogens with zero attached hydrogens (tertiary/aromatic N) is 2. The first-order chi connectivity index (χ1) is 12.0. The number of carbonyl (C=O) groups is 1. The van der Waals surface area contributed by atoms with E-state index in [1.54, 1.807) is 6.92 Å². The zero-order valence-electron chi connectivity index (χ0n) is 14.8. The molecule has 1 N–H and O–H groups in total. The number of nitrogens with one attached hydrogen (secondary N) is 1. The first kappa shape index (κ1) is 18.4. The van der Waals surface area contributed by atoms with Crippen LogP contribution in [0.25, 0.3) is 0 Å². The molecule has 0 aliphatic rings. The molecule has 0 aromatic heterocycles. The molecule has 132 valence electrons. The maximum Gasteiger partial charge on any atom is 0.272 e. The average Bonchev–Trinajstić information content (AvgIpc) is 2.61. The van der Waals surface area contributed by atoms with E-state index in [9.17, 15) is 14.9 Å². The number of amides is 1. The minimum atomic E-state index is -0.450. The highest BCUT2D eigenvalue weighted by molar-refractivity contribution is 5.94. The minimum Gasteiger partial charge on any atom is -0.372 e. The van der Waals surface area contributed by atoms with Gasteiger partial charge in [-0.05, 0) is 50.6 Å². The maximum absolute atomic E-state index is 12.2. The van der Waals surface area contributed by atoms with Gasteiger partial charge in [0.25, 0.3) is 11.6 Å². The highest BCUT2D eigenvalue weighted by Gasteiger charge is 2.13. The third-order valence-electron chi connectivity index (χ3n) is 4.17. The van der Waals surface area contributed by atoms with Crippen LogP contribution in [-0.4, -0.2) is 23.9 Å². The third-order valence-corrected chi connectivity index (χ3v) is 4.17. The Morgan fingerprint density at radius 1 is 1.12 bits per heavy atom. The molecule has 2 rings (SSSR count). The van der Waals surface area contributed by atoms with Gasteiger partial charge in [-0.25, -0.2) is 0 Å². The first-order valence-electron chi connectivity index (χ1n) is 8.33. The van der Waals surface area contributed by atoms with Crippen LogP contribution in [0.4, 0.5) is 11.4 Å². The Kier molecular flexibility index (Phi) is 6.11. The summed E-state index contributed by atoms with van der Waals surface area (Å²) in [4.78, 5) is 24.9. The highest BCUT2D eigenvalue weighted by Crippen LogP contribution is 2.19. The van der Waals surface area contributed by atoms with Crippen molar-refractivity contribution in [1.82, 2.24) is 5.32 Å². The van der Waals surface area contributed by atoms with Gasteiger partial charge in [0.2, 0.25) is 0 Å². The molecule has 6 nitrogen and oxygen atoms in total. The molecule has 0 atom stereocenters. The molecule has 0 aliphatic carbocycles. The standard InChI is InChI=1S/C19H23N3O3/c1-4-21(5-2)17-9-6-15(7-10-17)13-20-19(23)16-8-11-18(22(24)25)14(3)12-16/h6-12H,4-5,13H2,1-3H3,(H,20,23). The second-order valence-electron chi connectivity index (χ2n) is 5.78. The van der Waals surface area contributed by atoms with E-state index in [0.29, 0.717) is 17.7 Å². The predicted molar refractivity (Wildman–Crippen MR) is 99.0 cm³/mol. The number of rotatable bonds is 7. The Balaban J connectivity index is 2.00. The highest BCUT2D eigenvalue weighted by atomic mass is 16.6. The summed E-state index contributed by atoms with van der Waals surface area (Å²) in [6, 6.07) is 12.5. The number of benzene rings is 2. The van der Waals surface area contributed by atoms with Gasteiger partial charge >= 0.3 is 0 Å². The maximum atomic E-state index is 12.2. The van der Waals surface area contributed by atoms with Crippen LogP contribution < -0.4 is 10.2 Å². The van der Waals surface area contributed by atoms with Crippen LogP contribution in [0.15, 0.2) is 42.5 Å². The fourth-order valence-electron chi connectivity index (χ4n) is 2.70. The summed E-state index contributed by atoms with van der Waals surface area (Å²) in [6.45, 7) is 8.17. The summed E-state index contributed by atoms with van der Waals surface area (Å²) in [5.74, 6) is -0.245. The van der Waals surface area contributed by atoms with Crippen LogP contribution in [0.2, 0.25) is 0 Å². The number of nitro benzene ring substituents is 1. The SMILES string of the molecule is CCN(CC)c1ccc(CNC(=O)c2ccc([N+](=O)[O-])c(C)c2)cc1. The van der Waals surface area contributed by atoms with E-state index in [4.69, 9.17) is 0 Å². The van der Waals surface area contributed by atoms with Crippen molar-refractivity contribution in [1.29, 1.82) is 0 Å². The van der Waals surface area contributed by atoms with Crippen LogP contribution in [0, 0.1) is 17.0 Å². The smallest absolute Gasteiger partial charge is 0.272 e.